The van der Waals surface area contributed by atoms with Gasteiger partial charge in [-0.2, -0.15) is 0 Å². The quantitative estimate of drug-likeness (QED) is 0.574. The normalized spacial score (nSPS) is 14.2. The molecule has 1 fully saturated rings. The number of hydrogen-bond acceptors (Lipinski definition) is 5. The number of hydrogen-bond donors (Lipinski definition) is 2. The number of para-hydroxylation sites is 1. The number of rotatable bonds is 7. The van der Waals surface area contributed by atoms with E-state index >= 15 is 0 Å². The number of nitrogens with zero attached hydrogens (tertiary/aromatic N) is 2. The molecule has 2 aromatic carbocycles. The van der Waals surface area contributed by atoms with Gasteiger partial charge in [-0.15, -0.1) is 11.3 Å². The van der Waals surface area contributed by atoms with Crippen molar-refractivity contribution < 1.29 is 14.0 Å². The molecule has 1 aliphatic heterocycles. The maximum atomic E-state index is 13.1. The van der Waals surface area contributed by atoms with Gasteiger partial charge in [0, 0.05) is 45.0 Å². The zero-order chi connectivity index (χ0) is 22.3. The van der Waals surface area contributed by atoms with Gasteiger partial charge in [-0.1, -0.05) is 18.2 Å². The predicted molar refractivity (Wildman–Crippen MR) is 126 cm³/mol. The van der Waals surface area contributed by atoms with Gasteiger partial charge in [0.2, 0.25) is 0 Å². The highest BCUT2D eigenvalue weighted by Gasteiger charge is 2.18. The lowest BCUT2D eigenvalue weighted by Crippen LogP contribution is -2.48. The predicted octanol–water partition coefficient (Wildman–Crippen LogP) is 3.69. The summed E-state index contributed by atoms with van der Waals surface area (Å²) in [6.45, 7) is 4.73. The molecule has 0 radical (unpaired) electrons. The smallest absolute Gasteiger partial charge is 0.265 e. The van der Waals surface area contributed by atoms with E-state index in [1.54, 1.807) is 42.5 Å². The van der Waals surface area contributed by atoms with Gasteiger partial charge in [-0.05, 0) is 47.8 Å². The van der Waals surface area contributed by atoms with Crippen molar-refractivity contribution in [3.8, 4) is 0 Å². The molecule has 0 aliphatic carbocycles. The molecule has 2 amide bonds. The van der Waals surface area contributed by atoms with Gasteiger partial charge < -0.3 is 15.5 Å². The van der Waals surface area contributed by atoms with Crippen molar-refractivity contribution in [2.45, 2.75) is 0 Å². The lowest BCUT2D eigenvalue weighted by atomic mass is 10.1. The minimum absolute atomic E-state index is 0.211. The Labute approximate surface area is 190 Å². The second-order valence-corrected chi connectivity index (χ2v) is 8.49. The number of piperazine rings is 1. The summed E-state index contributed by atoms with van der Waals surface area (Å²) in [7, 11) is 0. The molecule has 3 aromatic rings. The molecule has 4 rings (SSSR count). The van der Waals surface area contributed by atoms with E-state index in [2.05, 4.69) is 20.4 Å². The number of carbonyl (C=O) groups excluding carboxylic acids is 2. The SMILES string of the molecule is O=C(Nc1ccccc1C(=O)NCCN1CCN(c2ccc(F)cc2)CC1)c1cccs1. The van der Waals surface area contributed by atoms with Gasteiger partial charge in [0.25, 0.3) is 11.8 Å². The molecule has 1 aliphatic rings. The second-order valence-electron chi connectivity index (χ2n) is 7.54. The summed E-state index contributed by atoms with van der Waals surface area (Å²) in [5.74, 6) is -0.660. The van der Waals surface area contributed by atoms with E-state index in [4.69, 9.17) is 0 Å². The Morgan fingerprint density at radius 3 is 2.38 bits per heavy atom. The summed E-state index contributed by atoms with van der Waals surface area (Å²) in [5, 5.41) is 7.63. The molecule has 0 spiro atoms. The minimum atomic E-state index is -0.226. The molecular formula is C24H25FN4O2S. The summed E-state index contributed by atoms with van der Waals surface area (Å²) in [4.78, 5) is 30.2. The van der Waals surface area contributed by atoms with E-state index in [1.165, 1.54) is 23.5 Å². The van der Waals surface area contributed by atoms with Gasteiger partial charge in [0.05, 0.1) is 16.1 Å². The van der Waals surface area contributed by atoms with Crippen LogP contribution in [0.4, 0.5) is 15.8 Å². The molecule has 1 saturated heterocycles. The number of thiophene rings is 1. The van der Waals surface area contributed by atoms with Crippen LogP contribution in [0.1, 0.15) is 20.0 Å². The van der Waals surface area contributed by atoms with Crippen LogP contribution in [-0.4, -0.2) is 56.0 Å². The first-order chi connectivity index (χ1) is 15.6. The third-order valence-electron chi connectivity index (χ3n) is 5.44. The Bertz CT molecular complexity index is 1050. The highest BCUT2D eigenvalue weighted by atomic mass is 32.1. The molecule has 0 atom stereocenters. The highest BCUT2D eigenvalue weighted by molar-refractivity contribution is 7.12. The average Bonchev–Trinajstić information content (AvgIpc) is 3.36. The fourth-order valence-corrected chi connectivity index (χ4v) is 4.31. The summed E-state index contributed by atoms with van der Waals surface area (Å²) < 4.78 is 13.1. The molecule has 0 unspecified atom stereocenters. The first-order valence-corrected chi connectivity index (χ1v) is 11.4. The first kappa shape index (κ1) is 22.0. The lowest BCUT2D eigenvalue weighted by molar-refractivity contribution is 0.0948. The highest BCUT2D eigenvalue weighted by Crippen LogP contribution is 2.19. The van der Waals surface area contributed by atoms with Gasteiger partial charge in [-0.3, -0.25) is 14.5 Å². The zero-order valence-electron chi connectivity index (χ0n) is 17.6. The topological polar surface area (TPSA) is 64.7 Å². The molecule has 8 heteroatoms. The van der Waals surface area contributed by atoms with Crippen LogP contribution in [0.25, 0.3) is 0 Å². The fraction of sp³-hybridized carbons (Fsp3) is 0.250. The molecule has 32 heavy (non-hydrogen) atoms. The number of nitrogens with one attached hydrogen (secondary N) is 2. The molecular weight excluding hydrogens is 427 g/mol. The van der Waals surface area contributed by atoms with Crippen LogP contribution in [0.3, 0.4) is 0 Å². The number of carbonyl (C=O) groups is 2. The van der Waals surface area contributed by atoms with Crippen molar-refractivity contribution in [2.75, 3.05) is 49.5 Å². The van der Waals surface area contributed by atoms with E-state index in [0.29, 0.717) is 22.7 Å². The molecule has 1 aromatic heterocycles. The van der Waals surface area contributed by atoms with Gasteiger partial charge in [0.15, 0.2) is 0 Å². The van der Waals surface area contributed by atoms with Crippen molar-refractivity contribution in [2.24, 2.45) is 0 Å². The fourth-order valence-electron chi connectivity index (χ4n) is 3.69. The third-order valence-corrected chi connectivity index (χ3v) is 6.31. The van der Waals surface area contributed by atoms with E-state index in [0.717, 1.165) is 38.4 Å². The van der Waals surface area contributed by atoms with Crippen LogP contribution < -0.4 is 15.5 Å². The summed E-state index contributed by atoms with van der Waals surface area (Å²) in [5.41, 5.74) is 1.97. The molecule has 0 saturated carbocycles. The summed E-state index contributed by atoms with van der Waals surface area (Å²) in [6.07, 6.45) is 0. The average molecular weight is 453 g/mol. The standard InChI is InChI=1S/C24H25FN4O2S/c25-18-7-9-19(10-8-18)29-15-13-28(14-16-29)12-11-26-23(30)20-4-1-2-5-21(20)27-24(31)22-6-3-17-32-22/h1-10,17H,11-16H2,(H,26,30)(H,27,31). The van der Waals surface area contributed by atoms with Crippen molar-refractivity contribution >= 4 is 34.5 Å². The minimum Gasteiger partial charge on any atom is -0.369 e. The van der Waals surface area contributed by atoms with Crippen LogP contribution in [0, 0.1) is 5.82 Å². The van der Waals surface area contributed by atoms with Crippen molar-refractivity contribution in [1.29, 1.82) is 0 Å². The van der Waals surface area contributed by atoms with Gasteiger partial charge >= 0.3 is 0 Å². The van der Waals surface area contributed by atoms with Crippen molar-refractivity contribution in [3.05, 3.63) is 82.3 Å². The Hall–Kier alpha value is -3.23. The third kappa shape index (κ3) is 5.52. The molecule has 6 nitrogen and oxygen atoms in total. The van der Waals surface area contributed by atoms with E-state index in [9.17, 15) is 14.0 Å². The van der Waals surface area contributed by atoms with Gasteiger partial charge in [0.1, 0.15) is 5.82 Å². The van der Waals surface area contributed by atoms with Crippen molar-refractivity contribution in [1.82, 2.24) is 10.2 Å². The number of anilines is 2. The van der Waals surface area contributed by atoms with Crippen LogP contribution in [-0.2, 0) is 0 Å². The zero-order valence-corrected chi connectivity index (χ0v) is 18.4. The largest absolute Gasteiger partial charge is 0.369 e. The number of amides is 2. The Morgan fingerprint density at radius 2 is 1.66 bits per heavy atom. The monoisotopic (exact) mass is 452 g/mol. The van der Waals surface area contributed by atoms with Crippen LogP contribution in [0.5, 0.6) is 0 Å². The van der Waals surface area contributed by atoms with E-state index in [-0.39, 0.29) is 17.6 Å². The second kappa shape index (κ2) is 10.4. The number of halogens is 1. The van der Waals surface area contributed by atoms with Gasteiger partial charge in [-0.25, -0.2) is 4.39 Å². The maximum absolute atomic E-state index is 13.1. The first-order valence-electron chi connectivity index (χ1n) is 10.5. The summed E-state index contributed by atoms with van der Waals surface area (Å²) >= 11 is 1.36. The maximum Gasteiger partial charge on any atom is 0.265 e. The van der Waals surface area contributed by atoms with Crippen LogP contribution in [0.15, 0.2) is 66.0 Å². The van der Waals surface area contributed by atoms with Crippen molar-refractivity contribution in [3.63, 3.8) is 0 Å². The Morgan fingerprint density at radius 1 is 0.906 bits per heavy atom. The van der Waals surface area contributed by atoms with Crippen LogP contribution >= 0.6 is 11.3 Å². The van der Waals surface area contributed by atoms with E-state index in [1.807, 2.05) is 11.4 Å². The molecule has 2 heterocycles. The Kier molecular flexibility index (Phi) is 7.14. The van der Waals surface area contributed by atoms with Crippen LogP contribution in [0.2, 0.25) is 0 Å². The lowest BCUT2D eigenvalue weighted by Gasteiger charge is -2.36. The Balaban J connectivity index is 1.25. The summed E-state index contributed by atoms with van der Waals surface area (Å²) in [6, 6.07) is 17.2. The molecule has 2 N–H and O–H groups in total. The number of benzene rings is 2. The molecule has 0 bridgehead atoms. The van der Waals surface area contributed by atoms with E-state index < -0.39 is 0 Å². The molecule has 166 valence electrons.